The van der Waals surface area contributed by atoms with Gasteiger partial charge in [-0.15, -0.1) is 0 Å². The van der Waals surface area contributed by atoms with Crippen LogP contribution in [0.2, 0.25) is 0 Å². The zero-order valence-corrected chi connectivity index (χ0v) is 5.41. The lowest BCUT2D eigenvalue weighted by atomic mass is 10.3. The molecule has 0 saturated heterocycles. The minimum Gasteiger partial charge on any atom is -0.403 e. The molecule has 0 amide bonds. The van der Waals surface area contributed by atoms with Crippen LogP contribution in [0.3, 0.4) is 0 Å². The van der Waals surface area contributed by atoms with Gasteiger partial charge in [-0.25, -0.2) is 0 Å². The summed E-state index contributed by atoms with van der Waals surface area (Å²) in [4.78, 5) is 1.96. The van der Waals surface area contributed by atoms with Crippen molar-refractivity contribution in [2.45, 2.75) is 0 Å². The van der Waals surface area contributed by atoms with Crippen molar-refractivity contribution in [3.8, 4) is 0 Å². The summed E-state index contributed by atoms with van der Waals surface area (Å²) in [5, 5.41) is 0. The average Bonchev–Trinajstić information content (AvgIpc) is 1.89. The normalized spacial score (nSPS) is 21.4. The van der Waals surface area contributed by atoms with Gasteiger partial charge in [0.1, 0.15) is 0 Å². The van der Waals surface area contributed by atoms with Gasteiger partial charge < -0.3 is 10.6 Å². The molecule has 1 aliphatic rings. The van der Waals surface area contributed by atoms with Crippen LogP contribution in [0, 0.1) is 0 Å². The van der Waals surface area contributed by atoms with Crippen LogP contribution < -0.4 is 5.73 Å². The van der Waals surface area contributed by atoms with Crippen molar-refractivity contribution in [2.24, 2.45) is 5.73 Å². The van der Waals surface area contributed by atoms with Crippen molar-refractivity contribution in [3.63, 3.8) is 0 Å². The van der Waals surface area contributed by atoms with E-state index in [4.69, 9.17) is 5.73 Å². The van der Waals surface area contributed by atoms with Crippen molar-refractivity contribution >= 4 is 0 Å². The maximum atomic E-state index is 5.30. The lowest BCUT2D eigenvalue weighted by Gasteiger charge is -2.16. The van der Waals surface area contributed by atoms with Crippen LogP contribution in [0.5, 0.6) is 0 Å². The third kappa shape index (κ3) is 1.13. The van der Waals surface area contributed by atoms with E-state index in [2.05, 4.69) is 0 Å². The highest BCUT2D eigenvalue weighted by molar-refractivity contribution is 5.26. The fraction of sp³-hybridized carbons (Fsp3) is 0.143. The van der Waals surface area contributed by atoms with Crippen molar-refractivity contribution in [1.82, 2.24) is 4.90 Å². The first-order valence-electron chi connectivity index (χ1n) is 2.84. The molecule has 0 saturated carbocycles. The second-order valence-corrected chi connectivity index (χ2v) is 1.90. The minimum absolute atomic E-state index is 1.03. The van der Waals surface area contributed by atoms with Crippen molar-refractivity contribution in [2.75, 3.05) is 7.05 Å². The van der Waals surface area contributed by atoms with E-state index >= 15 is 0 Å². The zero-order valence-electron chi connectivity index (χ0n) is 5.41. The van der Waals surface area contributed by atoms with E-state index in [0.717, 1.165) is 5.70 Å². The van der Waals surface area contributed by atoms with Gasteiger partial charge in [0.25, 0.3) is 0 Å². The van der Waals surface area contributed by atoms with Gasteiger partial charge in [-0.05, 0) is 12.2 Å². The van der Waals surface area contributed by atoms with E-state index in [9.17, 15) is 0 Å². The van der Waals surface area contributed by atoms with Crippen molar-refractivity contribution in [3.05, 3.63) is 36.3 Å². The summed E-state index contributed by atoms with van der Waals surface area (Å²) in [6, 6.07) is 0. The molecular formula is C7H10N2. The van der Waals surface area contributed by atoms with Gasteiger partial charge in [0.2, 0.25) is 0 Å². The number of likely N-dealkylation sites (N-methyl/N-ethyl adjacent to an activating group) is 1. The molecule has 9 heavy (non-hydrogen) atoms. The first-order valence-corrected chi connectivity index (χ1v) is 2.84. The van der Waals surface area contributed by atoms with Gasteiger partial charge in [-0.2, -0.15) is 0 Å². The molecule has 0 aromatic carbocycles. The molecule has 0 radical (unpaired) electrons. The molecule has 0 aromatic heterocycles. The molecule has 0 spiro atoms. The van der Waals surface area contributed by atoms with Gasteiger partial charge >= 0.3 is 0 Å². The summed E-state index contributed by atoms with van der Waals surface area (Å²) >= 11 is 0. The minimum atomic E-state index is 1.03. The van der Waals surface area contributed by atoms with Gasteiger partial charge in [-0.3, -0.25) is 0 Å². The van der Waals surface area contributed by atoms with Gasteiger partial charge in [0.05, 0.1) is 5.70 Å². The van der Waals surface area contributed by atoms with E-state index in [1.54, 1.807) is 6.20 Å². The predicted octanol–water partition coefficient (Wildman–Crippen LogP) is 0.802. The Morgan fingerprint density at radius 2 is 2.33 bits per heavy atom. The maximum absolute atomic E-state index is 5.30. The molecule has 0 bridgehead atoms. The Kier molecular flexibility index (Phi) is 1.58. The Morgan fingerprint density at radius 1 is 1.56 bits per heavy atom. The molecule has 2 N–H and O–H groups in total. The summed E-state index contributed by atoms with van der Waals surface area (Å²) in [5.74, 6) is 0. The van der Waals surface area contributed by atoms with Gasteiger partial charge in [0, 0.05) is 19.4 Å². The molecule has 0 atom stereocenters. The highest BCUT2D eigenvalue weighted by atomic mass is 15.1. The Morgan fingerprint density at radius 3 is 2.78 bits per heavy atom. The molecule has 48 valence electrons. The Hall–Kier alpha value is -1.18. The lowest BCUT2D eigenvalue weighted by molar-refractivity contribution is 0.582. The number of nitrogens with two attached hydrogens (primary N) is 1. The summed E-state index contributed by atoms with van der Waals surface area (Å²) in [6.45, 7) is 0. The van der Waals surface area contributed by atoms with Crippen LogP contribution in [-0.4, -0.2) is 11.9 Å². The molecular weight excluding hydrogens is 112 g/mol. The van der Waals surface area contributed by atoms with Crippen molar-refractivity contribution < 1.29 is 0 Å². The highest BCUT2D eigenvalue weighted by Crippen LogP contribution is 2.06. The fourth-order valence-corrected chi connectivity index (χ4v) is 0.710. The smallest absolute Gasteiger partial charge is 0.0560 e. The molecule has 0 aromatic rings. The molecule has 2 heteroatoms. The number of allylic oxidation sites excluding steroid dienone is 3. The molecule has 0 aliphatic carbocycles. The van der Waals surface area contributed by atoms with Crippen LogP contribution >= 0.6 is 0 Å². The van der Waals surface area contributed by atoms with E-state index < -0.39 is 0 Å². The number of rotatable bonds is 0. The standard InChI is InChI=1S/C7H10N2/c1-9-5-3-2-4-7(9)6-8/h2-6H,8H2,1H3/b7-6+. The van der Waals surface area contributed by atoms with Crippen LogP contribution in [-0.2, 0) is 0 Å². The summed E-state index contributed by atoms with van der Waals surface area (Å²) in [5.41, 5.74) is 6.33. The third-order valence-corrected chi connectivity index (χ3v) is 1.27. The topological polar surface area (TPSA) is 29.3 Å². The number of hydrogen-bond acceptors (Lipinski definition) is 2. The summed E-state index contributed by atoms with van der Waals surface area (Å²) in [6.07, 6.45) is 9.42. The van der Waals surface area contributed by atoms with Crippen LogP contribution in [0.1, 0.15) is 0 Å². The van der Waals surface area contributed by atoms with Crippen LogP contribution in [0.15, 0.2) is 36.3 Å². The van der Waals surface area contributed by atoms with Crippen LogP contribution in [0.25, 0.3) is 0 Å². The molecule has 2 nitrogen and oxygen atoms in total. The molecule has 1 aliphatic heterocycles. The summed E-state index contributed by atoms with van der Waals surface area (Å²) < 4.78 is 0. The third-order valence-electron chi connectivity index (χ3n) is 1.27. The maximum Gasteiger partial charge on any atom is 0.0560 e. The van der Waals surface area contributed by atoms with Crippen molar-refractivity contribution in [1.29, 1.82) is 0 Å². The van der Waals surface area contributed by atoms with E-state index in [1.807, 2.05) is 36.4 Å². The summed E-state index contributed by atoms with van der Waals surface area (Å²) in [7, 11) is 1.96. The van der Waals surface area contributed by atoms with E-state index in [1.165, 1.54) is 0 Å². The Balaban J connectivity index is 2.78. The average molecular weight is 122 g/mol. The monoisotopic (exact) mass is 122 g/mol. The first kappa shape index (κ1) is 5.95. The zero-order chi connectivity index (χ0) is 6.69. The highest BCUT2D eigenvalue weighted by Gasteiger charge is 1.96. The van der Waals surface area contributed by atoms with E-state index in [0.29, 0.717) is 0 Å². The molecule has 0 unspecified atom stereocenters. The van der Waals surface area contributed by atoms with Crippen LogP contribution in [0.4, 0.5) is 0 Å². The lowest BCUT2D eigenvalue weighted by Crippen LogP contribution is -2.11. The number of hydrogen-bond donors (Lipinski definition) is 1. The fourth-order valence-electron chi connectivity index (χ4n) is 0.710. The second kappa shape index (κ2) is 2.40. The molecule has 0 fully saturated rings. The SMILES string of the molecule is CN1C=CC=C/C1=C\N. The van der Waals surface area contributed by atoms with E-state index in [-0.39, 0.29) is 0 Å². The van der Waals surface area contributed by atoms with Gasteiger partial charge in [0.15, 0.2) is 0 Å². The number of nitrogens with zero attached hydrogens (tertiary/aromatic N) is 1. The molecule has 1 heterocycles. The largest absolute Gasteiger partial charge is 0.403 e. The first-order chi connectivity index (χ1) is 4.34. The molecule has 1 rings (SSSR count). The van der Waals surface area contributed by atoms with Gasteiger partial charge in [-0.1, -0.05) is 6.08 Å². The Bertz CT molecular complexity index is 177. The quantitative estimate of drug-likeness (QED) is 0.515. The predicted molar refractivity (Wildman–Crippen MR) is 38.3 cm³/mol. The Labute approximate surface area is 55.0 Å². The second-order valence-electron chi connectivity index (χ2n) is 1.90.